The van der Waals surface area contributed by atoms with Gasteiger partial charge in [0.25, 0.3) is 0 Å². The third-order valence-corrected chi connectivity index (χ3v) is 3.19. The highest BCUT2D eigenvalue weighted by atomic mass is 32.2. The Labute approximate surface area is 73.0 Å². The average Bonchev–Trinajstić information content (AvgIpc) is 2.26. The number of aliphatic imine (C=N–C) groups is 1. The minimum atomic E-state index is 0.510. The highest BCUT2D eigenvalue weighted by Crippen LogP contribution is 2.29. The Balaban J connectivity index is 2.40. The molecule has 0 spiro atoms. The number of hydrogen-bond donors (Lipinski definition) is 0. The van der Waals surface area contributed by atoms with Crippen molar-refractivity contribution in [1.29, 1.82) is 0 Å². The average molecular weight is 169 g/mol. The summed E-state index contributed by atoms with van der Waals surface area (Å²) in [6.07, 6.45) is 5.49. The Hall–Kier alpha value is -0.240. The van der Waals surface area contributed by atoms with E-state index in [2.05, 4.69) is 37.9 Å². The lowest BCUT2D eigenvalue weighted by molar-refractivity contribution is 0.710. The van der Waals surface area contributed by atoms with Gasteiger partial charge in [0.2, 0.25) is 0 Å². The third kappa shape index (κ3) is 2.37. The predicted octanol–water partition coefficient (Wildman–Crippen LogP) is 2.87. The van der Waals surface area contributed by atoms with Crippen LogP contribution < -0.4 is 0 Å². The van der Waals surface area contributed by atoms with Crippen LogP contribution in [0.5, 0.6) is 0 Å². The number of hydrogen-bond acceptors (Lipinski definition) is 2. The summed E-state index contributed by atoms with van der Waals surface area (Å²) in [6.45, 7) is 6.35. The van der Waals surface area contributed by atoms with Crippen molar-refractivity contribution >= 4 is 16.8 Å². The normalized spacial score (nSPS) is 31.4. The second kappa shape index (κ2) is 3.96. The second-order valence-corrected chi connectivity index (χ2v) is 4.28. The first kappa shape index (κ1) is 8.85. The Kier molecular flexibility index (Phi) is 3.18. The molecule has 0 aromatic carbocycles. The molecule has 0 amide bonds. The van der Waals surface area contributed by atoms with Crippen molar-refractivity contribution in [2.24, 2.45) is 4.99 Å². The number of allylic oxidation sites excluding steroid dienone is 2. The van der Waals surface area contributed by atoms with Crippen LogP contribution in [0.15, 0.2) is 17.1 Å². The van der Waals surface area contributed by atoms with Crippen LogP contribution in [0.1, 0.15) is 27.2 Å². The zero-order valence-electron chi connectivity index (χ0n) is 7.37. The summed E-state index contributed by atoms with van der Waals surface area (Å²) >= 11 is 1.91. The highest BCUT2D eigenvalue weighted by molar-refractivity contribution is 8.14. The summed E-state index contributed by atoms with van der Waals surface area (Å²) in [6, 6.07) is 0.510. The summed E-state index contributed by atoms with van der Waals surface area (Å²) < 4.78 is 0. The maximum Gasteiger partial charge on any atom is 0.0652 e. The fourth-order valence-corrected chi connectivity index (χ4v) is 2.36. The van der Waals surface area contributed by atoms with Gasteiger partial charge in [0, 0.05) is 5.25 Å². The van der Waals surface area contributed by atoms with Gasteiger partial charge in [-0.3, -0.25) is 4.99 Å². The van der Waals surface area contributed by atoms with E-state index in [-0.39, 0.29) is 0 Å². The standard InChI is InChI=1S/C9H15NS/c1-4-5-6-9-7(2)10-8(3)11-9/h4-5,7,9H,6H2,1-3H3/b5-4-. The molecule has 1 heterocycles. The monoisotopic (exact) mass is 169 g/mol. The minimum absolute atomic E-state index is 0.510. The second-order valence-electron chi connectivity index (χ2n) is 2.85. The fraction of sp³-hybridized carbons (Fsp3) is 0.667. The number of rotatable bonds is 2. The lowest BCUT2D eigenvalue weighted by Gasteiger charge is -2.09. The van der Waals surface area contributed by atoms with E-state index in [0.717, 1.165) is 6.42 Å². The maximum atomic E-state index is 4.47. The SMILES string of the molecule is C/C=C\CC1SC(C)=NC1C. The van der Waals surface area contributed by atoms with Crippen molar-refractivity contribution in [2.45, 2.75) is 38.5 Å². The van der Waals surface area contributed by atoms with E-state index in [9.17, 15) is 0 Å². The summed E-state index contributed by atoms with van der Waals surface area (Å²) in [5, 5.41) is 1.93. The van der Waals surface area contributed by atoms with E-state index in [1.165, 1.54) is 5.04 Å². The van der Waals surface area contributed by atoms with E-state index in [1.807, 2.05) is 11.8 Å². The van der Waals surface area contributed by atoms with Gasteiger partial charge in [0.1, 0.15) is 0 Å². The summed E-state index contributed by atoms with van der Waals surface area (Å²) in [5.74, 6) is 0. The van der Waals surface area contributed by atoms with Crippen LogP contribution in [0.2, 0.25) is 0 Å². The first-order valence-electron chi connectivity index (χ1n) is 4.06. The van der Waals surface area contributed by atoms with E-state index >= 15 is 0 Å². The van der Waals surface area contributed by atoms with E-state index < -0.39 is 0 Å². The molecule has 11 heavy (non-hydrogen) atoms. The molecule has 0 aliphatic carbocycles. The van der Waals surface area contributed by atoms with Gasteiger partial charge in [-0.15, -0.1) is 11.8 Å². The van der Waals surface area contributed by atoms with Gasteiger partial charge in [0.05, 0.1) is 11.1 Å². The molecule has 1 nitrogen and oxygen atoms in total. The Morgan fingerprint density at radius 2 is 2.36 bits per heavy atom. The molecule has 1 rings (SSSR count). The van der Waals surface area contributed by atoms with Crippen molar-refractivity contribution in [3.05, 3.63) is 12.2 Å². The zero-order chi connectivity index (χ0) is 8.27. The molecule has 2 heteroatoms. The van der Waals surface area contributed by atoms with Crippen LogP contribution >= 0.6 is 11.8 Å². The van der Waals surface area contributed by atoms with E-state index in [0.29, 0.717) is 11.3 Å². The van der Waals surface area contributed by atoms with Crippen LogP contribution in [-0.2, 0) is 0 Å². The fourth-order valence-electron chi connectivity index (χ4n) is 1.23. The van der Waals surface area contributed by atoms with Gasteiger partial charge in [-0.2, -0.15) is 0 Å². The Morgan fingerprint density at radius 3 is 2.82 bits per heavy atom. The van der Waals surface area contributed by atoms with Gasteiger partial charge in [-0.1, -0.05) is 12.2 Å². The number of nitrogens with zero attached hydrogens (tertiary/aromatic N) is 1. The predicted molar refractivity (Wildman–Crippen MR) is 53.4 cm³/mol. The third-order valence-electron chi connectivity index (χ3n) is 1.85. The molecule has 2 unspecified atom stereocenters. The molecular formula is C9H15NS. The van der Waals surface area contributed by atoms with Crippen LogP contribution in [0.3, 0.4) is 0 Å². The van der Waals surface area contributed by atoms with Crippen LogP contribution in [0, 0.1) is 0 Å². The molecule has 62 valence electrons. The van der Waals surface area contributed by atoms with Crippen molar-refractivity contribution in [1.82, 2.24) is 0 Å². The minimum Gasteiger partial charge on any atom is -0.279 e. The molecule has 0 aromatic heterocycles. The Morgan fingerprint density at radius 1 is 1.64 bits per heavy atom. The molecular weight excluding hydrogens is 154 g/mol. The topological polar surface area (TPSA) is 12.4 Å². The molecule has 0 N–H and O–H groups in total. The van der Waals surface area contributed by atoms with E-state index in [1.54, 1.807) is 0 Å². The van der Waals surface area contributed by atoms with Gasteiger partial charge < -0.3 is 0 Å². The quantitative estimate of drug-likeness (QED) is 0.579. The molecule has 0 aromatic rings. The highest BCUT2D eigenvalue weighted by Gasteiger charge is 2.22. The first-order chi connectivity index (χ1) is 5.24. The first-order valence-corrected chi connectivity index (χ1v) is 4.94. The van der Waals surface area contributed by atoms with Gasteiger partial charge in [0.15, 0.2) is 0 Å². The van der Waals surface area contributed by atoms with Crippen molar-refractivity contribution in [3.8, 4) is 0 Å². The van der Waals surface area contributed by atoms with Crippen molar-refractivity contribution in [3.63, 3.8) is 0 Å². The molecule has 1 aliphatic heterocycles. The van der Waals surface area contributed by atoms with Crippen molar-refractivity contribution < 1.29 is 0 Å². The lowest BCUT2D eigenvalue weighted by Crippen LogP contribution is -2.11. The number of thioether (sulfide) groups is 1. The molecule has 2 atom stereocenters. The van der Waals surface area contributed by atoms with Crippen molar-refractivity contribution in [2.75, 3.05) is 0 Å². The Bertz CT molecular complexity index is 184. The molecule has 0 saturated heterocycles. The smallest absolute Gasteiger partial charge is 0.0652 e. The maximum absolute atomic E-state index is 4.47. The van der Waals surface area contributed by atoms with Gasteiger partial charge in [-0.05, 0) is 27.2 Å². The van der Waals surface area contributed by atoms with Crippen LogP contribution in [-0.4, -0.2) is 16.3 Å². The van der Waals surface area contributed by atoms with Crippen LogP contribution in [0.4, 0.5) is 0 Å². The molecule has 1 aliphatic rings. The summed E-state index contributed by atoms with van der Waals surface area (Å²) in [4.78, 5) is 4.47. The molecule has 0 fully saturated rings. The molecule has 0 radical (unpaired) electrons. The molecule has 0 saturated carbocycles. The van der Waals surface area contributed by atoms with E-state index in [4.69, 9.17) is 0 Å². The largest absolute Gasteiger partial charge is 0.279 e. The zero-order valence-corrected chi connectivity index (χ0v) is 8.19. The van der Waals surface area contributed by atoms with Gasteiger partial charge in [-0.25, -0.2) is 0 Å². The van der Waals surface area contributed by atoms with Crippen LogP contribution in [0.25, 0.3) is 0 Å². The summed E-state index contributed by atoms with van der Waals surface area (Å²) in [5.41, 5.74) is 0. The summed E-state index contributed by atoms with van der Waals surface area (Å²) in [7, 11) is 0. The van der Waals surface area contributed by atoms with Gasteiger partial charge >= 0.3 is 0 Å². The molecule has 0 bridgehead atoms. The lowest BCUT2D eigenvalue weighted by atomic mass is 10.2.